The van der Waals surface area contributed by atoms with Crippen LogP contribution in [0.15, 0.2) is 24.3 Å². The van der Waals surface area contributed by atoms with Gasteiger partial charge in [-0.3, -0.25) is 0 Å². The van der Waals surface area contributed by atoms with Gasteiger partial charge in [-0.1, -0.05) is 28.1 Å². The second kappa shape index (κ2) is 5.52. The highest BCUT2D eigenvalue weighted by molar-refractivity contribution is 9.09. The number of rotatable bonds is 5. The molecule has 1 N–H and O–H groups in total. The summed E-state index contributed by atoms with van der Waals surface area (Å²) < 4.78 is 5.50. The predicted octanol–water partition coefficient (Wildman–Crippen LogP) is 3.08. The molecule has 1 aromatic rings. The molecule has 84 valence electrons. The van der Waals surface area contributed by atoms with Gasteiger partial charge in [-0.05, 0) is 38.0 Å². The zero-order valence-corrected chi connectivity index (χ0v) is 10.8. The van der Waals surface area contributed by atoms with Crippen LogP contribution >= 0.6 is 15.9 Å². The second-order valence-corrected chi connectivity index (χ2v) is 4.77. The lowest BCUT2D eigenvalue weighted by Crippen LogP contribution is -2.15. The second-order valence-electron chi connectivity index (χ2n) is 3.97. The summed E-state index contributed by atoms with van der Waals surface area (Å²) in [6.07, 6.45) is 0.993. The van der Waals surface area contributed by atoms with Crippen LogP contribution in [-0.2, 0) is 5.60 Å². The van der Waals surface area contributed by atoms with Gasteiger partial charge in [-0.25, -0.2) is 0 Å². The third-order valence-corrected chi connectivity index (χ3v) is 2.67. The Bertz CT molecular complexity index is 287. The topological polar surface area (TPSA) is 29.5 Å². The van der Waals surface area contributed by atoms with E-state index in [1.54, 1.807) is 13.8 Å². The molecule has 0 aliphatic carbocycles. The van der Waals surface area contributed by atoms with Crippen molar-refractivity contribution < 1.29 is 9.84 Å². The SMILES string of the molecule is CC(C)(O)c1ccc(OCCCBr)cc1. The first kappa shape index (κ1) is 12.5. The molecule has 0 aromatic heterocycles. The summed E-state index contributed by atoms with van der Waals surface area (Å²) in [4.78, 5) is 0. The molecule has 0 saturated heterocycles. The normalized spacial score (nSPS) is 11.5. The maximum Gasteiger partial charge on any atom is 0.119 e. The summed E-state index contributed by atoms with van der Waals surface area (Å²) >= 11 is 3.35. The molecular weight excluding hydrogens is 256 g/mol. The molecule has 0 heterocycles. The lowest BCUT2D eigenvalue weighted by Gasteiger charge is -2.17. The van der Waals surface area contributed by atoms with Crippen molar-refractivity contribution in [3.8, 4) is 5.75 Å². The average Bonchev–Trinajstić information content (AvgIpc) is 2.18. The summed E-state index contributed by atoms with van der Waals surface area (Å²) in [7, 11) is 0. The molecule has 0 unspecified atom stereocenters. The van der Waals surface area contributed by atoms with Crippen LogP contribution in [0.3, 0.4) is 0 Å². The minimum atomic E-state index is -0.783. The van der Waals surface area contributed by atoms with E-state index in [9.17, 15) is 5.11 Å². The Kier molecular flexibility index (Phi) is 4.61. The standard InChI is InChI=1S/C12H17BrO2/c1-12(2,14)10-4-6-11(7-5-10)15-9-3-8-13/h4-7,14H,3,8-9H2,1-2H3. The van der Waals surface area contributed by atoms with Crippen LogP contribution in [0.1, 0.15) is 25.8 Å². The van der Waals surface area contributed by atoms with Crippen molar-refractivity contribution in [2.45, 2.75) is 25.9 Å². The first-order chi connectivity index (χ1) is 7.04. The summed E-state index contributed by atoms with van der Waals surface area (Å²) in [6, 6.07) is 7.57. The first-order valence-electron chi connectivity index (χ1n) is 5.06. The number of alkyl halides is 1. The molecule has 0 fully saturated rings. The van der Waals surface area contributed by atoms with Gasteiger partial charge in [-0.2, -0.15) is 0 Å². The van der Waals surface area contributed by atoms with Gasteiger partial charge in [0.25, 0.3) is 0 Å². The molecular formula is C12H17BrO2. The van der Waals surface area contributed by atoms with Crippen LogP contribution in [0.25, 0.3) is 0 Å². The van der Waals surface area contributed by atoms with Gasteiger partial charge in [0.2, 0.25) is 0 Å². The highest BCUT2D eigenvalue weighted by Crippen LogP contribution is 2.22. The zero-order chi connectivity index (χ0) is 11.3. The summed E-state index contributed by atoms with van der Waals surface area (Å²) in [5.74, 6) is 0.851. The van der Waals surface area contributed by atoms with Gasteiger partial charge >= 0.3 is 0 Å². The third kappa shape index (κ3) is 4.22. The van der Waals surface area contributed by atoms with Crippen molar-refractivity contribution in [1.29, 1.82) is 0 Å². The summed E-state index contributed by atoms with van der Waals surface area (Å²) in [5.41, 5.74) is 0.115. The van der Waals surface area contributed by atoms with Crippen LogP contribution in [-0.4, -0.2) is 17.0 Å². The molecule has 3 heteroatoms. The zero-order valence-electron chi connectivity index (χ0n) is 9.16. The minimum absolute atomic E-state index is 0.715. The van der Waals surface area contributed by atoms with E-state index >= 15 is 0 Å². The van der Waals surface area contributed by atoms with E-state index in [1.165, 1.54) is 0 Å². The monoisotopic (exact) mass is 272 g/mol. The fraction of sp³-hybridized carbons (Fsp3) is 0.500. The van der Waals surface area contributed by atoms with Crippen LogP contribution in [0, 0.1) is 0 Å². The van der Waals surface area contributed by atoms with Crippen LogP contribution < -0.4 is 4.74 Å². The number of halogens is 1. The molecule has 0 amide bonds. The quantitative estimate of drug-likeness (QED) is 0.660. The van der Waals surface area contributed by atoms with Crippen molar-refractivity contribution in [1.82, 2.24) is 0 Å². The Morgan fingerprint density at radius 2 is 1.87 bits per heavy atom. The van der Waals surface area contributed by atoms with E-state index in [4.69, 9.17) is 4.74 Å². The van der Waals surface area contributed by atoms with Crippen LogP contribution in [0.4, 0.5) is 0 Å². The van der Waals surface area contributed by atoms with E-state index in [1.807, 2.05) is 24.3 Å². The van der Waals surface area contributed by atoms with E-state index in [-0.39, 0.29) is 0 Å². The van der Waals surface area contributed by atoms with Crippen LogP contribution in [0.2, 0.25) is 0 Å². The van der Waals surface area contributed by atoms with Gasteiger partial charge in [0.1, 0.15) is 5.75 Å². The molecule has 0 spiro atoms. The Labute approximate surface area is 99.4 Å². The molecule has 15 heavy (non-hydrogen) atoms. The minimum Gasteiger partial charge on any atom is -0.494 e. The largest absolute Gasteiger partial charge is 0.494 e. The predicted molar refractivity (Wildman–Crippen MR) is 65.6 cm³/mol. The number of aliphatic hydroxyl groups is 1. The fourth-order valence-corrected chi connectivity index (χ4v) is 1.43. The Balaban J connectivity index is 2.57. The summed E-state index contributed by atoms with van der Waals surface area (Å²) in [5, 5.41) is 10.7. The van der Waals surface area contributed by atoms with E-state index in [0.29, 0.717) is 6.61 Å². The molecule has 0 saturated carbocycles. The number of hydrogen-bond acceptors (Lipinski definition) is 2. The highest BCUT2D eigenvalue weighted by atomic mass is 79.9. The highest BCUT2D eigenvalue weighted by Gasteiger charge is 2.14. The molecule has 0 bridgehead atoms. The van der Waals surface area contributed by atoms with Gasteiger partial charge in [0, 0.05) is 5.33 Å². The van der Waals surface area contributed by atoms with Gasteiger partial charge in [0.05, 0.1) is 12.2 Å². The lowest BCUT2D eigenvalue weighted by atomic mass is 9.99. The fourth-order valence-electron chi connectivity index (χ4n) is 1.20. The third-order valence-electron chi connectivity index (χ3n) is 2.11. The van der Waals surface area contributed by atoms with E-state index < -0.39 is 5.60 Å². The molecule has 1 rings (SSSR count). The van der Waals surface area contributed by atoms with Crippen molar-refractivity contribution in [2.75, 3.05) is 11.9 Å². The Morgan fingerprint density at radius 1 is 1.27 bits per heavy atom. The van der Waals surface area contributed by atoms with Crippen molar-refractivity contribution >= 4 is 15.9 Å². The molecule has 0 aliphatic rings. The maximum atomic E-state index is 9.75. The summed E-state index contributed by atoms with van der Waals surface area (Å²) in [6.45, 7) is 4.26. The lowest BCUT2D eigenvalue weighted by molar-refractivity contribution is 0.0785. The van der Waals surface area contributed by atoms with Crippen molar-refractivity contribution in [2.24, 2.45) is 0 Å². The molecule has 0 radical (unpaired) electrons. The van der Waals surface area contributed by atoms with E-state index in [2.05, 4.69) is 15.9 Å². The number of benzene rings is 1. The van der Waals surface area contributed by atoms with Crippen LogP contribution in [0.5, 0.6) is 5.75 Å². The first-order valence-corrected chi connectivity index (χ1v) is 6.18. The molecule has 2 nitrogen and oxygen atoms in total. The Hall–Kier alpha value is -0.540. The van der Waals surface area contributed by atoms with Gasteiger partial charge in [0.15, 0.2) is 0 Å². The number of ether oxygens (including phenoxy) is 1. The smallest absolute Gasteiger partial charge is 0.119 e. The van der Waals surface area contributed by atoms with E-state index in [0.717, 1.165) is 23.1 Å². The number of hydrogen-bond donors (Lipinski definition) is 1. The Morgan fingerprint density at radius 3 is 2.33 bits per heavy atom. The molecule has 0 aliphatic heterocycles. The molecule has 0 atom stereocenters. The van der Waals surface area contributed by atoms with Gasteiger partial charge < -0.3 is 9.84 Å². The molecule has 1 aromatic carbocycles. The average molecular weight is 273 g/mol. The van der Waals surface area contributed by atoms with Crippen molar-refractivity contribution in [3.63, 3.8) is 0 Å². The maximum absolute atomic E-state index is 9.75. The van der Waals surface area contributed by atoms with Gasteiger partial charge in [-0.15, -0.1) is 0 Å². The van der Waals surface area contributed by atoms with Crippen molar-refractivity contribution in [3.05, 3.63) is 29.8 Å².